The number of primary amides is 1. The van der Waals surface area contributed by atoms with Crippen LogP contribution in [0.15, 0.2) is 21.5 Å². The van der Waals surface area contributed by atoms with Crippen molar-refractivity contribution in [3.05, 3.63) is 16.6 Å². The van der Waals surface area contributed by atoms with Crippen LogP contribution in [0.3, 0.4) is 0 Å². The Morgan fingerprint density at radius 3 is 2.38 bits per heavy atom. The largest absolute Gasteiger partial charge is 0.495 e. The van der Waals surface area contributed by atoms with E-state index in [-0.39, 0.29) is 22.3 Å². The summed E-state index contributed by atoms with van der Waals surface area (Å²) in [5, 5.41) is 0. The van der Waals surface area contributed by atoms with E-state index in [9.17, 15) is 13.2 Å². The number of methoxy groups -OCH3 is 1. The minimum Gasteiger partial charge on any atom is -0.495 e. The van der Waals surface area contributed by atoms with E-state index in [0.717, 1.165) is 0 Å². The van der Waals surface area contributed by atoms with Crippen LogP contribution < -0.4 is 20.9 Å². The summed E-state index contributed by atoms with van der Waals surface area (Å²) < 4.78 is 32.7. The number of nitrogens with two attached hydrogens (primary N) is 2. The Kier molecular flexibility index (Phi) is 5.60. The standard InChI is InChI=1S/C12H18BrN3O4S/c1-6(2)11(12(15)17)16-21(18,19)10-5-8(14)7(13)4-9(10)20-3/h4-6,11,16H,14H2,1-3H3,(H2,15,17). The van der Waals surface area contributed by atoms with Gasteiger partial charge in [-0.25, -0.2) is 8.42 Å². The molecule has 0 aromatic heterocycles. The zero-order valence-corrected chi connectivity index (χ0v) is 14.3. The van der Waals surface area contributed by atoms with Crippen molar-refractivity contribution in [2.45, 2.75) is 24.8 Å². The first-order valence-electron chi connectivity index (χ1n) is 6.04. The van der Waals surface area contributed by atoms with Crippen molar-refractivity contribution in [2.75, 3.05) is 12.8 Å². The fourth-order valence-electron chi connectivity index (χ4n) is 1.67. The molecular weight excluding hydrogens is 362 g/mol. The predicted molar refractivity (Wildman–Crippen MR) is 83.2 cm³/mol. The quantitative estimate of drug-likeness (QED) is 0.631. The third kappa shape index (κ3) is 4.08. The monoisotopic (exact) mass is 379 g/mol. The van der Waals surface area contributed by atoms with Crippen LogP contribution in [0.2, 0.25) is 0 Å². The summed E-state index contributed by atoms with van der Waals surface area (Å²) >= 11 is 3.19. The van der Waals surface area contributed by atoms with E-state index in [0.29, 0.717) is 4.47 Å². The molecule has 0 radical (unpaired) electrons. The highest BCUT2D eigenvalue weighted by atomic mass is 79.9. The summed E-state index contributed by atoms with van der Waals surface area (Å²) in [4.78, 5) is 11.2. The maximum Gasteiger partial charge on any atom is 0.245 e. The highest BCUT2D eigenvalue weighted by molar-refractivity contribution is 9.10. The van der Waals surface area contributed by atoms with Crippen LogP contribution in [-0.2, 0) is 14.8 Å². The number of rotatable bonds is 6. The van der Waals surface area contributed by atoms with Gasteiger partial charge in [0.2, 0.25) is 15.9 Å². The number of benzene rings is 1. The van der Waals surface area contributed by atoms with E-state index in [2.05, 4.69) is 20.7 Å². The zero-order chi connectivity index (χ0) is 16.4. The fraction of sp³-hybridized carbons (Fsp3) is 0.417. The van der Waals surface area contributed by atoms with Gasteiger partial charge in [-0.1, -0.05) is 13.8 Å². The van der Waals surface area contributed by atoms with Crippen LogP contribution in [0, 0.1) is 5.92 Å². The van der Waals surface area contributed by atoms with Crippen LogP contribution >= 0.6 is 15.9 Å². The Hall–Kier alpha value is -1.32. The average molecular weight is 380 g/mol. The molecule has 118 valence electrons. The number of anilines is 1. The highest BCUT2D eigenvalue weighted by Gasteiger charge is 2.29. The summed E-state index contributed by atoms with van der Waals surface area (Å²) in [5.74, 6) is -0.941. The van der Waals surface area contributed by atoms with Gasteiger partial charge < -0.3 is 16.2 Å². The van der Waals surface area contributed by atoms with Crippen LogP contribution in [0.4, 0.5) is 5.69 Å². The molecule has 1 amide bonds. The summed E-state index contributed by atoms with van der Waals surface area (Å²) in [6, 6.07) is 1.67. The second-order valence-corrected chi connectivity index (χ2v) is 7.31. The minimum absolute atomic E-state index is 0.107. The predicted octanol–water partition coefficient (Wildman–Crippen LogP) is 0.828. The van der Waals surface area contributed by atoms with Crippen LogP contribution in [0.5, 0.6) is 5.75 Å². The third-order valence-corrected chi connectivity index (χ3v) is 4.98. The van der Waals surface area contributed by atoms with Gasteiger partial charge in [-0.2, -0.15) is 4.72 Å². The molecule has 0 bridgehead atoms. The molecule has 1 aromatic rings. The van der Waals surface area contributed by atoms with Crippen molar-refractivity contribution in [3.63, 3.8) is 0 Å². The van der Waals surface area contributed by atoms with E-state index in [1.165, 1.54) is 19.2 Å². The molecule has 21 heavy (non-hydrogen) atoms. The minimum atomic E-state index is -4.01. The van der Waals surface area contributed by atoms with Gasteiger partial charge in [-0.05, 0) is 34.0 Å². The van der Waals surface area contributed by atoms with E-state index in [4.69, 9.17) is 16.2 Å². The Bertz CT molecular complexity index is 646. The first-order chi connectivity index (χ1) is 9.60. The molecule has 0 heterocycles. The molecule has 0 aliphatic carbocycles. The SMILES string of the molecule is COc1cc(Br)c(N)cc1S(=O)(=O)NC(C(N)=O)C(C)C. The Morgan fingerprint density at radius 1 is 1.38 bits per heavy atom. The summed E-state index contributed by atoms with van der Waals surface area (Å²) in [6.45, 7) is 3.37. The lowest BCUT2D eigenvalue weighted by Crippen LogP contribution is -2.47. The van der Waals surface area contributed by atoms with Crippen molar-refractivity contribution in [1.82, 2.24) is 4.72 Å². The molecule has 9 heteroatoms. The number of hydrogen-bond donors (Lipinski definition) is 3. The average Bonchev–Trinajstić information content (AvgIpc) is 2.37. The van der Waals surface area contributed by atoms with Crippen LogP contribution in [-0.4, -0.2) is 27.5 Å². The second-order valence-electron chi connectivity index (χ2n) is 4.77. The molecule has 0 aliphatic heterocycles. The zero-order valence-electron chi connectivity index (χ0n) is 11.9. The molecule has 1 rings (SSSR count). The molecule has 5 N–H and O–H groups in total. The van der Waals surface area contributed by atoms with E-state index in [1.807, 2.05) is 0 Å². The number of ether oxygens (including phenoxy) is 1. The van der Waals surface area contributed by atoms with Crippen molar-refractivity contribution < 1.29 is 17.9 Å². The van der Waals surface area contributed by atoms with E-state index < -0.39 is 22.0 Å². The number of carbonyl (C=O) groups is 1. The van der Waals surface area contributed by atoms with E-state index >= 15 is 0 Å². The lowest BCUT2D eigenvalue weighted by molar-refractivity contribution is -0.120. The van der Waals surface area contributed by atoms with E-state index in [1.54, 1.807) is 13.8 Å². The van der Waals surface area contributed by atoms with Crippen molar-refractivity contribution >= 4 is 37.5 Å². The number of amides is 1. The molecular formula is C12H18BrN3O4S. The lowest BCUT2D eigenvalue weighted by atomic mass is 10.1. The summed E-state index contributed by atoms with van der Waals surface area (Å²) in [7, 11) is -2.67. The van der Waals surface area contributed by atoms with Gasteiger partial charge in [0.25, 0.3) is 0 Å². The van der Waals surface area contributed by atoms with Crippen molar-refractivity contribution in [1.29, 1.82) is 0 Å². The molecule has 1 atom stereocenters. The van der Waals surface area contributed by atoms with Crippen LogP contribution in [0.25, 0.3) is 0 Å². The smallest absolute Gasteiger partial charge is 0.245 e. The van der Waals surface area contributed by atoms with Gasteiger partial charge in [0.1, 0.15) is 16.7 Å². The molecule has 0 spiro atoms. The Balaban J connectivity index is 3.31. The number of carbonyl (C=O) groups excluding carboxylic acids is 1. The summed E-state index contributed by atoms with van der Waals surface area (Å²) in [6.07, 6.45) is 0. The number of nitrogen functional groups attached to an aromatic ring is 1. The van der Waals surface area contributed by atoms with Gasteiger partial charge in [0, 0.05) is 10.2 Å². The van der Waals surface area contributed by atoms with Gasteiger partial charge in [0.15, 0.2) is 0 Å². The highest BCUT2D eigenvalue weighted by Crippen LogP contribution is 2.32. The second kappa shape index (κ2) is 6.63. The maximum absolute atomic E-state index is 12.4. The van der Waals surface area contributed by atoms with Crippen LogP contribution in [0.1, 0.15) is 13.8 Å². The first kappa shape index (κ1) is 17.7. The van der Waals surface area contributed by atoms with Gasteiger partial charge >= 0.3 is 0 Å². The topological polar surface area (TPSA) is 125 Å². The van der Waals surface area contributed by atoms with Gasteiger partial charge in [0.05, 0.1) is 7.11 Å². The number of sulfonamides is 1. The molecule has 7 nitrogen and oxygen atoms in total. The molecule has 0 saturated carbocycles. The molecule has 1 aromatic carbocycles. The third-order valence-electron chi connectivity index (χ3n) is 2.83. The lowest BCUT2D eigenvalue weighted by Gasteiger charge is -2.20. The number of hydrogen-bond acceptors (Lipinski definition) is 5. The Morgan fingerprint density at radius 2 is 1.95 bits per heavy atom. The summed E-state index contributed by atoms with van der Waals surface area (Å²) in [5.41, 5.74) is 11.2. The van der Waals surface area contributed by atoms with Crippen molar-refractivity contribution in [2.24, 2.45) is 11.7 Å². The fourth-order valence-corrected chi connectivity index (χ4v) is 3.53. The molecule has 0 aliphatic rings. The molecule has 1 unspecified atom stereocenters. The normalized spacial score (nSPS) is 13.2. The van der Waals surface area contributed by atoms with Gasteiger partial charge in [-0.3, -0.25) is 4.79 Å². The number of nitrogens with one attached hydrogen (secondary N) is 1. The number of halogens is 1. The first-order valence-corrected chi connectivity index (χ1v) is 8.32. The Labute approximate surface area is 132 Å². The molecule has 0 fully saturated rings. The van der Waals surface area contributed by atoms with Gasteiger partial charge in [-0.15, -0.1) is 0 Å². The van der Waals surface area contributed by atoms with Crippen molar-refractivity contribution in [3.8, 4) is 5.75 Å². The molecule has 0 saturated heterocycles. The maximum atomic E-state index is 12.4.